The molecular formula is C5H5BF3KN2S2. The largest absolute Gasteiger partial charge is 1.00 e. The number of thioether (sulfide) groups is 1. The maximum atomic E-state index is 12.0. The van der Waals surface area contributed by atoms with Gasteiger partial charge in [-0.3, -0.25) is 0 Å². The fraction of sp³-hybridized carbons (Fsp3) is 0.200. The van der Waals surface area contributed by atoms with Crippen molar-refractivity contribution in [3.63, 3.8) is 0 Å². The molecule has 0 radical (unpaired) electrons. The first kappa shape index (κ1) is 15.1. The summed E-state index contributed by atoms with van der Waals surface area (Å²) in [5.41, 5.74) is 0.782. The van der Waals surface area contributed by atoms with Crippen LogP contribution in [0, 0.1) is 0 Å². The summed E-state index contributed by atoms with van der Waals surface area (Å²) in [6.07, 6.45) is 0. The molecule has 0 aliphatic heterocycles. The van der Waals surface area contributed by atoms with Crippen LogP contribution in [0.15, 0.2) is 21.9 Å². The normalized spacial score (nSPS) is 10.8. The van der Waals surface area contributed by atoms with Crippen molar-refractivity contribution in [3.05, 3.63) is 17.6 Å². The van der Waals surface area contributed by atoms with E-state index in [1.807, 2.05) is 0 Å². The molecule has 0 saturated heterocycles. The molecule has 0 amide bonds. The van der Waals surface area contributed by atoms with Gasteiger partial charge in [0.2, 0.25) is 0 Å². The standard InChI is InChI=1S/C5H5BF3N2S2.K/c1-4(6(7,8)9)2-12-5-11-10-3-13-5;/h3H,1-2H2;/q-1;+1. The zero-order chi connectivity index (χ0) is 9.90. The number of hydrogen-bond donors (Lipinski definition) is 0. The van der Waals surface area contributed by atoms with Crippen molar-refractivity contribution in [2.75, 3.05) is 5.75 Å². The number of hydrogen-bond acceptors (Lipinski definition) is 4. The SMILES string of the molecule is C=C(CSc1nncs1)[B-](F)(F)F.[K+]. The molecule has 0 fully saturated rings. The molecule has 0 spiro atoms. The first-order chi connectivity index (χ1) is 6.00. The van der Waals surface area contributed by atoms with Crippen molar-refractivity contribution >= 4 is 30.1 Å². The minimum Gasteiger partial charge on any atom is -0.445 e. The molecule has 0 bridgehead atoms. The van der Waals surface area contributed by atoms with E-state index >= 15 is 0 Å². The third-order valence-electron chi connectivity index (χ3n) is 1.18. The molecular weight excluding hydrogens is 259 g/mol. The van der Waals surface area contributed by atoms with Crippen LogP contribution >= 0.6 is 23.1 Å². The van der Waals surface area contributed by atoms with Gasteiger partial charge in [0.1, 0.15) is 5.51 Å². The molecule has 0 unspecified atom stereocenters. The number of rotatable bonds is 4. The van der Waals surface area contributed by atoms with Crippen LogP contribution in [0.3, 0.4) is 0 Å². The molecule has 0 aliphatic rings. The van der Waals surface area contributed by atoms with Gasteiger partial charge in [-0.1, -0.05) is 23.1 Å². The Morgan fingerprint density at radius 2 is 2.21 bits per heavy atom. The van der Waals surface area contributed by atoms with Crippen LogP contribution < -0.4 is 51.4 Å². The van der Waals surface area contributed by atoms with Crippen LogP contribution in [0.25, 0.3) is 0 Å². The van der Waals surface area contributed by atoms with Crippen molar-refractivity contribution in [2.45, 2.75) is 4.34 Å². The average Bonchev–Trinajstić information content (AvgIpc) is 2.50. The Kier molecular flexibility index (Phi) is 7.21. The van der Waals surface area contributed by atoms with Crippen LogP contribution in [0.1, 0.15) is 0 Å². The van der Waals surface area contributed by atoms with Crippen molar-refractivity contribution in [2.24, 2.45) is 0 Å². The van der Waals surface area contributed by atoms with Gasteiger partial charge < -0.3 is 12.9 Å². The Hall–Kier alpha value is 1.14. The van der Waals surface area contributed by atoms with Crippen molar-refractivity contribution in [1.82, 2.24) is 10.2 Å². The minimum absolute atomic E-state index is 0. The molecule has 14 heavy (non-hydrogen) atoms. The molecule has 0 atom stereocenters. The van der Waals surface area contributed by atoms with Crippen LogP contribution in [0.5, 0.6) is 0 Å². The fourth-order valence-corrected chi connectivity index (χ4v) is 1.93. The van der Waals surface area contributed by atoms with Gasteiger partial charge in [0.25, 0.3) is 0 Å². The smallest absolute Gasteiger partial charge is 0.445 e. The summed E-state index contributed by atoms with van der Waals surface area (Å²) in [6.45, 7) is -1.95. The third-order valence-corrected chi connectivity index (χ3v) is 3.15. The van der Waals surface area contributed by atoms with Crippen molar-refractivity contribution in [3.8, 4) is 0 Å². The van der Waals surface area contributed by atoms with E-state index < -0.39 is 12.4 Å². The first-order valence-corrected chi connectivity index (χ1v) is 5.13. The molecule has 0 saturated carbocycles. The Bertz CT molecular complexity index is 290. The summed E-state index contributed by atoms with van der Waals surface area (Å²) >= 11 is 2.22. The van der Waals surface area contributed by atoms with Crippen LogP contribution in [-0.4, -0.2) is 22.9 Å². The zero-order valence-corrected chi connectivity index (χ0v) is 12.2. The summed E-state index contributed by atoms with van der Waals surface area (Å²) in [6, 6.07) is 0. The van der Waals surface area contributed by atoms with Gasteiger partial charge in [-0.15, -0.1) is 22.2 Å². The summed E-state index contributed by atoms with van der Waals surface area (Å²) in [5.74, 6) is -0.168. The van der Waals surface area contributed by atoms with Crippen LogP contribution in [-0.2, 0) is 0 Å². The van der Waals surface area contributed by atoms with E-state index in [9.17, 15) is 12.9 Å². The quantitative estimate of drug-likeness (QED) is 0.545. The van der Waals surface area contributed by atoms with Gasteiger partial charge in [0.15, 0.2) is 4.34 Å². The Morgan fingerprint density at radius 1 is 1.57 bits per heavy atom. The van der Waals surface area contributed by atoms with Crippen LogP contribution in [0.4, 0.5) is 12.9 Å². The monoisotopic (exact) mass is 264 g/mol. The van der Waals surface area contributed by atoms with E-state index in [1.165, 1.54) is 16.8 Å². The molecule has 0 aliphatic carbocycles. The molecule has 0 N–H and O–H groups in total. The van der Waals surface area contributed by atoms with Gasteiger partial charge in [-0.05, 0) is 5.75 Å². The first-order valence-electron chi connectivity index (χ1n) is 3.26. The third kappa shape index (κ3) is 5.29. The summed E-state index contributed by atoms with van der Waals surface area (Å²) in [7, 11) is 0. The fourth-order valence-electron chi connectivity index (χ4n) is 0.475. The van der Waals surface area contributed by atoms with Gasteiger partial charge >= 0.3 is 58.4 Å². The van der Waals surface area contributed by atoms with Gasteiger partial charge in [-0.25, -0.2) is 0 Å². The van der Waals surface area contributed by atoms with Gasteiger partial charge in [0.05, 0.1) is 0 Å². The van der Waals surface area contributed by atoms with Gasteiger partial charge in [0, 0.05) is 0 Å². The molecule has 72 valence electrons. The Morgan fingerprint density at radius 3 is 2.64 bits per heavy atom. The predicted octanol–water partition coefficient (Wildman–Crippen LogP) is -0.423. The molecule has 1 rings (SSSR count). The molecule has 1 aromatic heterocycles. The second-order valence-electron chi connectivity index (χ2n) is 2.23. The predicted molar refractivity (Wildman–Crippen MR) is 48.9 cm³/mol. The van der Waals surface area contributed by atoms with E-state index in [4.69, 9.17) is 0 Å². The van der Waals surface area contributed by atoms with Crippen LogP contribution in [0.2, 0.25) is 0 Å². The number of nitrogens with zero attached hydrogens (tertiary/aromatic N) is 2. The summed E-state index contributed by atoms with van der Waals surface area (Å²) < 4.78 is 36.5. The average molecular weight is 264 g/mol. The second-order valence-corrected chi connectivity index (χ2v) is 4.28. The summed E-state index contributed by atoms with van der Waals surface area (Å²) in [5, 5.41) is 7.10. The molecule has 0 aromatic carbocycles. The molecule has 2 nitrogen and oxygen atoms in total. The van der Waals surface area contributed by atoms with E-state index in [0.29, 0.717) is 4.34 Å². The molecule has 9 heteroatoms. The second kappa shape index (κ2) is 6.67. The van der Waals surface area contributed by atoms with Crippen molar-refractivity contribution < 1.29 is 64.3 Å². The number of halogens is 3. The molecule has 1 aromatic rings. The maximum absolute atomic E-state index is 12.0. The van der Waals surface area contributed by atoms with E-state index in [0.717, 1.165) is 11.8 Å². The topological polar surface area (TPSA) is 25.8 Å². The molecule has 1 heterocycles. The van der Waals surface area contributed by atoms with E-state index in [1.54, 1.807) is 0 Å². The minimum atomic E-state index is -4.91. The van der Waals surface area contributed by atoms with Gasteiger partial charge in [-0.2, -0.15) is 0 Å². The Labute approximate surface area is 130 Å². The maximum Gasteiger partial charge on any atom is 1.00 e. The van der Waals surface area contributed by atoms with E-state index in [-0.39, 0.29) is 57.1 Å². The Balaban J connectivity index is 0.00000169. The van der Waals surface area contributed by atoms with Crippen molar-refractivity contribution in [1.29, 1.82) is 0 Å². The summed E-state index contributed by atoms with van der Waals surface area (Å²) in [4.78, 5) is 0. The van der Waals surface area contributed by atoms with E-state index in [2.05, 4.69) is 16.8 Å². The zero-order valence-electron chi connectivity index (χ0n) is 7.41. The number of aromatic nitrogens is 2.